The molecule has 0 saturated heterocycles. The summed E-state index contributed by atoms with van der Waals surface area (Å²) in [4.78, 5) is 22.7. The molecule has 0 saturated carbocycles. The summed E-state index contributed by atoms with van der Waals surface area (Å²) in [7, 11) is 2.04. The van der Waals surface area contributed by atoms with Gasteiger partial charge in [0, 0.05) is 13.6 Å². The molecule has 7 nitrogen and oxygen atoms in total. The molecule has 27 heavy (non-hydrogen) atoms. The van der Waals surface area contributed by atoms with Gasteiger partial charge in [0.2, 0.25) is 5.95 Å². The predicted molar refractivity (Wildman–Crippen MR) is 102 cm³/mol. The maximum absolute atomic E-state index is 9.10. The molecule has 3 aromatic rings. The lowest BCUT2D eigenvalue weighted by atomic mass is 10.1. The molecule has 1 heterocycles. The third kappa shape index (κ3) is 5.71. The van der Waals surface area contributed by atoms with Gasteiger partial charge in [-0.15, -0.1) is 0 Å². The van der Waals surface area contributed by atoms with E-state index in [0.29, 0.717) is 0 Å². The highest BCUT2D eigenvalue weighted by Gasteiger charge is 2.08. The van der Waals surface area contributed by atoms with Crippen LogP contribution in [0.1, 0.15) is 11.1 Å². The number of carboxylic acids is 2. The number of carbonyl (C=O) groups is 2. The minimum Gasteiger partial charge on any atom is -0.473 e. The van der Waals surface area contributed by atoms with Crippen LogP contribution in [0.4, 0.5) is 5.95 Å². The lowest BCUT2D eigenvalue weighted by Crippen LogP contribution is -2.09. The van der Waals surface area contributed by atoms with Crippen LogP contribution >= 0.6 is 0 Å². The Morgan fingerprint density at radius 2 is 1.59 bits per heavy atom. The second kappa shape index (κ2) is 9.19. The first kappa shape index (κ1) is 19.7. The Bertz CT molecular complexity index is 891. The van der Waals surface area contributed by atoms with Gasteiger partial charge < -0.3 is 20.1 Å². The molecule has 3 rings (SSSR count). The number of hydrogen-bond donors (Lipinski definition) is 3. The highest BCUT2D eigenvalue weighted by molar-refractivity contribution is 6.27. The SMILES string of the molecule is Cc1ccc(-c2cnc(NCc3ccccc3)n2C)cc1.O=C(O)C(=O)O. The number of carboxylic acid groups (broad SMARTS) is 2. The summed E-state index contributed by atoms with van der Waals surface area (Å²) in [6.45, 7) is 2.87. The normalized spacial score (nSPS) is 9.85. The first-order valence-electron chi connectivity index (χ1n) is 8.21. The lowest BCUT2D eigenvalue weighted by molar-refractivity contribution is -0.159. The summed E-state index contributed by atoms with van der Waals surface area (Å²) in [5.41, 5.74) is 4.81. The average Bonchev–Trinajstić information content (AvgIpc) is 3.02. The Morgan fingerprint density at radius 1 is 1.00 bits per heavy atom. The van der Waals surface area contributed by atoms with Crippen LogP contribution in [0.25, 0.3) is 11.3 Å². The van der Waals surface area contributed by atoms with Gasteiger partial charge in [-0.25, -0.2) is 14.6 Å². The summed E-state index contributed by atoms with van der Waals surface area (Å²) in [6, 6.07) is 18.9. The molecule has 0 bridgehead atoms. The molecular formula is C20H21N3O4. The number of aromatic nitrogens is 2. The number of hydrogen-bond acceptors (Lipinski definition) is 4. The van der Waals surface area contributed by atoms with Crippen molar-refractivity contribution in [2.24, 2.45) is 7.05 Å². The van der Waals surface area contributed by atoms with Gasteiger partial charge in [0.25, 0.3) is 0 Å². The number of nitrogens with zero attached hydrogens (tertiary/aromatic N) is 2. The van der Waals surface area contributed by atoms with E-state index in [1.165, 1.54) is 16.7 Å². The van der Waals surface area contributed by atoms with Crippen molar-refractivity contribution >= 4 is 17.9 Å². The van der Waals surface area contributed by atoms with Crippen LogP contribution < -0.4 is 5.32 Å². The molecule has 0 unspecified atom stereocenters. The molecule has 3 N–H and O–H groups in total. The molecule has 0 aliphatic rings. The van der Waals surface area contributed by atoms with E-state index in [2.05, 4.69) is 58.2 Å². The molecular weight excluding hydrogens is 346 g/mol. The first-order chi connectivity index (χ1) is 12.9. The second-order valence-corrected chi connectivity index (χ2v) is 5.84. The van der Waals surface area contributed by atoms with Gasteiger partial charge in [-0.1, -0.05) is 60.2 Å². The summed E-state index contributed by atoms with van der Waals surface area (Å²) >= 11 is 0. The van der Waals surface area contributed by atoms with E-state index >= 15 is 0 Å². The second-order valence-electron chi connectivity index (χ2n) is 5.84. The molecule has 140 valence electrons. The van der Waals surface area contributed by atoms with Crippen LogP contribution in [0.2, 0.25) is 0 Å². The van der Waals surface area contributed by atoms with Crippen molar-refractivity contribution in [1.29, 1.82) is 0 Å². The van der Waals surface area contributed by atoms with Crippen molar-refractivity contribution in [2.45, 2.75) is 13.5 Å². The molecule has 2 aromatic carbocycles. The van der Waals surface area contributed by atoms with Gasteiger partial charge in [0.1, 0.15) is 0 Å². The highest BCUT2D eigenvalue weighted by atomic mass is 16.4. The van der Waals surface area contributed by atoms with E-state index in [1.807, 2.05) is 31.4 Å². The van der Waals surface area contributed by atoms with E-state index in [-0.39, 0.29) is 0 Å². The monoisotopic (exact) mass is 367 g/mol. The minimum absolute atomic E-state index is 0.777. The number of aliphatic carboxylic acids is 2. The average molecular weight is 367 g/mol. The van der Waals surface area contributed by atoms with Crippen molar-refractivity contribution in [3.05, 3.63) is 71.9 Å². The van der Waals surface area contributed by atoms with Gasteiger partial charge in [-0.2, -0.15) is 0 Å². The topological polar surface area (TPSA) is 104 Å². The lowest BCUT2D eigenvalue weighted by Gasteiger charge is -2.08. The maximum Gasteiger partial charge on any atom is 0.414 e. The van der Waals surface area contributed by atoms with E-state index in [0.717, 1.165) is 18.2 Å². The third-order valence-electron chi connectivity index (χ3n) is 3.81. The van der Waals surface area contributed by atoms with Gasteiger partial charge >= 0.3 is 11.9 Å². The van der Waals surface area contributed by atoms with E-state index < -0.39 is 11.9 Å². The molecule has 0 amide bonds. The Balaban J connectivity index is 0.000000380. The molecule has 0 fully saturated rings. The Kier molecular flexibility index (Phi) is 6.71. The van der Waals surface area contributed by atoms with Crippen LogP contribution in [-0.4, -0.2) is 31.7 Å². The Hall–Kier alpha value is -3.61. The number of aryl methyl sites for hydroxylation is 1. The number of imidazole rings is 1. The highest BCUT2D eigenvalue weighted by Crippen LogP contribution is 2.22. The molecule has 0 aliphatic carbocycles. The standard InChI is InChI=1S/C18H19N3.C2H2O4/c1-14-8-10-16(11-9-14)17-13-20-18(21(17)2)19-12-15-6-4-3-5-7-15;3-1(4)2(5)6/h3-11,13H,12H2,1-2H3,(H,19,20);(H,3,4)(H,5,6). The maximum atomic E-state index is 9.10. The van der Waals surface area contributed by atoms with Crippen LogP contribution in [-0.2, 0) is 23.2 Å². The van der Waals surface area contributed by atoms with Crippen LogP contribution in [0.5, 0.6) is 0 Å². The first-order valence-corrected chi connectivity index (χ1v) is 8.21. The predicted octanol–water partition coefficient (Wildman–Crippen LogP) is 3.16. The molecule has 7 heteroatoms. The van der Waals surface area contributed by atoms with Crippen molar-refractivity contribution in [2.75, 3.05) is 5.32 Å². The summed E-state index contributed by atoms with van der Waals surface area (Å²) < 4.78 is 2.09. The van der Waals surface area contributed by atoms with Crippen molar-refractivity contribution in [1.82, 2.24) is 9.55 Å². The molecule has 0 aliphatic heterocycles. The van der Waals surface area contributed by atoms with E-state index in [9.17, 15) is 0 Å². The van der Waals surface area contributed by atoms with Gasteiger partial charge in [-0.05, 0) is 18.1 Å². The minimum atomic E-state index is -1.82. The zero-order valence-corrected chi connectivity index (χ0v) is 15.1. The summed E-state index contributed by atoms with van der Waals surface area (Å²) in [5.74, 6) is -2.76. The van der Waals surface area contributed by atoms with Crippen molar-refractivity contribution in [3.8, 4) is 11.3 Å². The van der Waals surface area contributed by atoms with Crippen LogP contribution in [0, 0.1) is 6.92 Å². The van der Waals surface area contributed by atoms with Crippen LogP contribution in [0.3, 0.4) is 0 Å². The fourth-order valence-corrected chi connectivity index (χ4v) is 2.34. The molecule has 1 aromatic heterocycles. The summed E-state index contributed by atoms with van der Waals surface area (Å²) in [5, 5.41) is 18.2. The Morgan fingerprint density at radius 3 is 2.15 bits per heavy atom. The fourth-order valence-electron chi connectivity index (χ4n) is 2.34. The van der Waals surface area contributed by atoms with Gasteiger partial charge in [-0.3, -0.25) is 0 Å². The molecule has 0 radical (unpaired) electrons. The van der Waals surface area contributed by atoms with Crippen LogP contribution in [0.15, 0.2) is 60.8 Å². The zero-order valence-electron chi connectivity index (χ0n) is 15.1. The Labute approximate surface area is 156 Å². The number of nitrogens with one attached hydrogen (secondary N) is 1. The van der Waals surface area contributed by atoms with E-state index in [1.54, 1.807) is 0 Å². The molecule has 0 atom stereocenters. The fraction of sp³-hybridized carbons (Fsp3) is 0.150. The van der Waals surface area contributed by atoms with Crippen molar-refractivity contribution in [3.63, 3.8) is 0 Å². The molecule has 0 spiro atoms. The summed E-state index contributed by atoms with van der Waals surface area (Å²) in [6.07, 6.45) is 1.91. The number of anilines is 1. The third-order valence-corrected chi connectivity index (χ3v) is 3.81. The van der Waals surface area contributed by atoms with Gasteiger partial charge in [0.05, 0.1) is 11.9 Å². The zero-order chi connectivity index (χ0) is 19.8. The van der Waals surface area contributed by atoms with Crippen molar-refractivity contribution < 1.29 is 19.8 Å². The number of benzene rings is 2. The smallest absolute Gasteiger partial charge is 0.414 e. The van der Waals surface area contributed by atoms with Gasteiger partial charge in [0.15, 0.2) is 0 Å². The quantitative estimate of drug-likeness (QED) is 0.612. The van der Waals surface area contributed by atoms with E-state index in [4.69, 9.17) is 19.8 Å². The largest absolute Gasteiger partial charge is 0.473 e. The number of rotatable bonds is 4.